The molecule has 0 saturated heterocycles. The molecule has 4 N–H and O–H groups in total. The number of hydrogen-bond acceptors (Lipinski definition) is 4. The minimum absolute atomic E-state index is 0.192. The minimum Gasteiger partial charge on any atom is -0.480 e. The number of carbonyl (C=O) groups is 2. The second kappa shape index (κ2) is 8.36. The van der Waals surface area contributed by atoms with Crippen LogP contribution in [0.5, 0.6) is 0 Å². The van der Waals surface area contributed by atoms with Crippen LogP contribution in [0.15, 0.2) is 24.4 Å². The number of carbonyl (C=O) groups excluding carboxylic acids is 1. The lowest BCUT2D eigenvalue weighted by atomic mass is 9.91. The predicted octanol–water partition coefficient (Wildman–Crippen LogP) is 1.56. The van der Waals surface area contributed by atoms with E-state index >= 15 is 0 Å². The molecule has 1 aromatic heterocycles. The summed E-state index contributed by atoms with van der Waals surface area (Å²) in [4.78, 5) is 26.7. The summed E-state index contributed by atoms with van der Waals surface area (Å²) in [5, 5.41) is 11.8. The fraction of sp³-hybridized carbons (Fsp3) is 0.533. The number of unbranched alkanes of at least 4 members (excludes halogenated alkanes) is 2. The zero-order valence-electron chi connectivity index (χ0n) is 12.3. The zero-order valence-corrected chi connectivity index (χ0v) is 12.3. The highest BCUT2D eigenvalue weighted by Gasteiger charge is 2.30. The van der Waals surface area contributed by atoms with Crippen LogP contribution in [0.3, 0.4) is 0 Å². The summed E-state index contributed by atoms with van der Waals surface area (Å²) in [6.07, 6.45) is 4.79. The molecule has 6 heteroatoms. The van der Waals surface area contributed by atoms with Gasteiger partial charge in [0.25, 0.3) is 5.91 Å². The molecule has 0 fully saturated rings. The number of amides is 1. The van der Waals surface area contributed by atoms with Crippen molar-refractivity contribution in [1.29, 1.82) is 0 Å². The summed E-state index contributed by atoms with van der Waals surface area (Å²) in [7, 11) is 0. The molecule has 21 heavy (non-hydrogen) atoms. The number of rotatable bonds is 9. The van der Waals surface area contributed by atoms with Gasteiger partial charge in [-0.15, -0.1) is 0 Å². The van der Waals surface area contributed by atoms with E-state index in [2.05, 4.69) is 10.3 Å². The number of pyridine rings is 1. The number of nitrogens with zero attached hydrogens (tertiary/aromatic N) is 1. The quantitative estimate of drug-likeness (QED) is 0.599. The predicted molar refractivity (Wildman–Crippen MR) is 79.9 cm³/mol. The summed E-state index contributed by atoms with van der Waals surface area (Å²) < 4.78 is 0. The molecule has 1 heterocycles. The molecule has 0 aliphatic carbocycles. The van der Waals surface area contributed by atoms with E-state index in [0.717, 1.165) is 19.3 Å². The number of aliphatic carboxylic acids is 1. The van der Waals surface area contributed by atoms with E-state index in [1.165, 1.54) is 0 Å². The van der Waals surface area contributed by atoms with Crippen molar-refractivity contribution < 1.29 is 14.7 Å². The van der Waals surface area contributed by atoms with Gasteiger partial charge in [0.1, 0.15) is 11.2 Å². The topological polar surface area (TPSA) is 105 Å². The maximum Gasteiger partial charge on any atom is 0.323 e. The smallest absolute Gasteiger partial charge is 0.323 e. The third-order valence-corrected chi connectivity index (χ3v) is 3.54. The van der Waals surface area contributed by atoms with Crippen LogP contribution >= 0.6 is 0 Å². The van der Waals surface area contributed by atoms with Crippen molar-refractivity contribution in [1.82, 2.24) is 10.3 Å². The molecule has 0 saturated carbocycles. The lowest BCUT2D eigenvalue weighted by Crippen LogP contribution is -2.47. The molecule has 0 bridgehead atoms. The van der Waals surface area contributed by atoms with E-state index in [9.17, 15) is 9.59 Å². The molecular weight excluding hydrogens is 270 g/mol. The summed E-state index contributed by atoms with van der Waals surface area (Å²) in [6.45, 7) is 2.33. The Morgan fingerprint density at radius 3 is 2.67 bits per heavy atom. The first-order valence-corrected chi connectivity index (χ1v) is 7.21. The van der Waals surface area contributed by atoms with E-state index in [-0.39, 0.29) is 5.91 Å². The van der Waals surface area contributed by atoms with E-state index in [0.29, 0.717) is 25.1 Å². The summed E-state index contributed by atoms with van der Waals surface area (Å²) in [5.41, 5.74) is 5.07. The molecule has 0 aliphatic rings. The van der Waals surface area contributed by atoms with Crippen molar-refractivity contribution >= 4 is 11.9 Å². The van der Waals surface area contributed by atoms with Crippen LogP contribution in [0, 0.1) is 0 Å². The highest BCUT2D eigenvalue weighted by Crippen LogP contribution is 2.16. The highest BCUT2D eigenvalue weighted by atomic mass is 16.4. The van der Waals surface area contributed by atoms with Gasteiger partial charge in [0, 0.05) is 12.7 Å². The Balaban J connectivity index is 2.18. The van der Waals surface area contributed by atoms with Crippen molar-refractivity contribution in [2.45, 2.75) is 44.6 Å². The van der Waals surface area contributed by atoms with Gasteiger partial charge in [0.15, 0.2) is 0 Å². The molecule has 0 aliphatic heterocycles. The van der Waals surface area contributed by atoms with Gasteiger partial charge in [-0.2, -0.15) is 0 Å². The SMILES string of the molecule is CC[C@@](N)(CCCCCNC(=O)c1ccccn1)C(=O)O. The minimum atomic E-state index is -1.13. The van der Waals surface area contributed by atoms with Crippen LogP contribution in [0.4, 0.5) is 0 Å². The monoisotopic (exact) mass is 293 g/mol. The molecule has 1 rings (SSSR count). The summed E-state index contributed by atoms with van der Waals surface area (Å²) in [6, 6.07) is 5.18. The van der Waals surface area contributed by atoms with Crippen molar-refractivity contribution in [3.63, 3.8) is 0 Å². The van der Waals surface area contributed by atoms with Crippen molar-refractivity contribution in [2.75, 3.05) is 6.54 Å². The van der Waals surface area contributed by atoms with E-state index < -0.39 is 11.5 Å². The molecule has 0 aromatic carbocycles. The molecule has 6 nitrogen and oxygen atoms in total. The Bertz CT molecular complexity index is 464. The third kappa shape index (κ3) is 5.51. The summed E-state index contributed by atoms with van der Waals surface area (Å²) >= 11 is 0. The summed E-state index contributed by atoms with van der Waals surface area (Å²) in [5.74, 6) is -1.14. The number of carboxylic acids is 1. The molecule has 0 unspecified atom stereocenters. The number of carboxylic acid groups (broad SMARTS) is 1. The van der Waals surface area contributed by atoms with E-state index in [1.807, 2.05) is 0 Å². The third-order valence-electron chi connectivity index (χ3n) is 3.54. The Hall–Kier alpha value is -1.95. The van der Waals surface area contributed by atoms with E-state index in [1.54, 1.807) is 31.3 Å². The first kappa shape index (κ1) is 17.1. The fourth-order valence-corrected chi connectivity index (χ4v) is 1.97. The molecule has 0 radical (unpaired) electrons. The van der Waals surface area contributed by atoms with Crippen molar-refractivity contribution in [2.24, 2.45) is 5.73 Å². The first-order chi connectivity index (χ1) is 9.99. The van der Waals surface area contributed by atoms with Gasteiger partial charge in [0.05, 0.1) is 0 Å². The molecule has 1 amide bonds. The second-order valence-corrected chi connectivity index (χ2v) is 5.10. The second-order valence-electron chi connectivity index (χ2n) is 5.10. The average Bonchev–Trinajstić information content (AvgIpc) is 2.50. The molecular formula is C15H23N3O3. The standard InChI is InChI=1S/C15H23N3O3/c1-2-15(16,14(20)21)9-5-3-6-11-18-13(19)12-8-4-7-10-17-12/h4,7-8,10H,2-3,5-6,9,11,16H2,1H3,(H,18,19)(H,20,21)/t15-/m1/s1. The Morgan fingerprint density at radius 2 is 2.10 bits per heavy atom. The van der Waals surface area contributed by atoms with Crippen molar-refractivity contribution in [3.8, 4) is 0 Å². The van der Waals surface area contributed by atoms with Crippen molar-refractivity contribution in [3.05, 3.63) is 30.1 Å². The number of nitrogens with one attached hydrogen (secondary N) is 1. The van der Waals surface area contributed by atoms with Gasteiger partial charge >= 0.3 is 5.97 Å². The number of hydrogen-bond donors (Lipinski definition) is 3. The van der Waals surface area contributed by atoms with Gasteiger partial charge in [-0.05, 0) is 31.4 Å². The van der Waals surface area contributed by atoms with Gasteiger partial charge in [-0.3, -0.25) is 14.6 Å². The molecule has 1 aromatic rings. The highest BCUT2D eigenvalue weighted by molar-refractivity contribution is 5.92. The van der Waals surface area contributed by atoms with Crippen LogP contribution in [-0.2, 0) is 4.79 Å². The molecule has 1 atom stereocenters. The lowest BCUT2D eigenvalue weighted by molar-refractivity contribution is -0.143. The van der Waals surface area contributed by atoms with Crippen LogP contribution in [-0.4, -0.2) is 34.1 Å². The van der Waals surface area contributed by atoms with Gasteiger partial charge in [0.2, 0.25) is 0 Å². The van der Waals surface area contributed by atoms with E-state index in [4.69, 9.17) is 10.8 Å². The number of aromatic nitrogens is 1. The average molecular weight is 293 g/mol. The van der Waals surface area contributed by atoms with Crippen LogP contribution < -0.4 is 11.1 Å². The van der Waals surface area contributed by atoms with Gasteiger partial charge in [-0.25, -0.2) is 0 Å². The van der Waals surface area contributed by atoms with Crippen LogP contribution in [0.1, 0.15) is 49.5 Å². The van der Waals surface area contributed by atoms with Gasteiger partial charge in [-0.1, -0.05) is 25.8 Å². The Kier molecular flexibility index (Phi) is 6.81. The molecule has 0 spiro atoms. The maximum atomic E-state index is 11.7. The lowest BCUT2D eigenvalue weighted by Gasteiger charge is -2.22. The van der Waals surface area contributed by atoms with Crippen LogP contribution in [0.25, 0.3) is 0 Å². The van der Waals surface area contributed by atoms with Crippen LogP contribution in [0.2, 0.25) is 0 Å². The Labute approximate surface area is 124 Å². The zero-order chi connectivity index (χ0) is 15.7. The number of nitrogens with two attached hydrogens (primary N) is 1. The Morgan fingerprint density at radius 1 is 1.33 bits per heavy atom. The largest absolute Gasteiger partial charge is 0.480 e. The normalized spacial score (nSPS) is 13.4. The fourth-order valence-electron chi connectivity index (χ4n) is 1.97. The molecule has 116 valence electrons. The maximum absolute atomic E-state index is 11.7. The first-order valence-electron chi connectivity index (χ1n) is 7.21. The van der Waals surface area contributed by atoms with Gasteiger partial charge < -0.3 is 16.2 Å².